The van der Waals surface area contributed by atoms with Gasteiger partial charge in [-0.25, -0.2) is 0 Å². The minimum absolute atomic E-state index is 0.0921. The molecule has 0 aliphatic carbocycles. The van der Waals surface area contributed by atoms with Gasteiger partial charge in [-0.3, -0.25) is 9.59 Å². The molecule has 0 aromatic rings. The number of carbonyl (C=O) groups is 2. The Hall–Kier alpha value is -1.36. The highest BCUT2D eigenvalue weighted by atomic mass is 16.6. The molecule has 5 nitrogen and oxygen atoms in total. The lowest BCUT2D eigenvalue weighted by atomic mass is 10.0. The normalized spacial score (nSPS) is 12.1. The van der Waals surface area contributed by atoms with Crippen molar-refractivity contribution in [2.75, 3.05) is 19.8 Å². The highest BCUT2D eigenvalue weighted by Crippen LogP contribution is 2.16. The molecule has 0 saturated heterocycles. The van der Waals surface area contributed by atoms with Crippen LogP contribution in [0.3, 0.4) is 0 Å². The molecule has 0 aliphatic heterocycles. The molecule has 0 bridgehead atoms. The molecule has 0 aromatic heterocycles. The van der Waals surface area contributed by atoms with Crippen molar-refractivity contribution in [3.8, 4) is 0 Å². The third-order valence-corrected chi connectivity index (χ3v) is 11.8. The number of esters is 2. The van der Waals surface area contributed by atoms with E-state index in [1.807, 2.05) is 0 Å². The highest BCUT2D eigenvalue weighted by molar-refractivity contribution is 5.70. The fourth-order valence-corrected chi connectivity index (χ4v) is 7.86. The lowest BCUT2D eigenvalue weighted by Crippen LogP contribution is -2.30. The van der Waals surface area contributed by atoms with Crippen LogP contribution in [0, 0.1) is 0 Å². The molecule has 344 valence electrons. The van der Waals surface area contributed by atoms with E-state index in [4.69, 9.17) is 14.2 Å². The second-order valence-corrected chi connectivity index (χ2v) is 17.8. The summed E-state index contributed by atoms with van der Waals surface area (Å²) in [5.74, 6) is -0.381. The van der Waals surface area contributed by atoms with Crippen molar-refractivity contribution in [3.63, 3.8) is 0 Å². The van der Waals surface area contributed by atoms with Gasteiger partial charge in [-0.15, -0.1) is 0 Å². The summed E-state index contributed by atoms with van der Waals surface area (Å²) in [6.07, 6.45) is 56.4. The molecule has 5 heteroatoms. The molecular weight excluding hydrogens is 717 g/mol. The lowest BCUT2D eigenvalue weighted by molar-refractivity contribution is -0.163. The molecule has 1 atom stereocenters. The average Bonchev–Trinajstić information content (AvgIpc) is 3.22. The third kappa shape index (κ3) is 47.3. The zero-order chi connectivity index (χ0) is 42.1. The van der Waals surface area contributed by atoms with Gasteiger partial charge in [0.15, 0.2) is 6.10 Å². The summed E-state index contributed by atoms with van der Waals surface area (Å²) in [5.41, 5.74) is 0. The van der Waals surface area contributed by atoms with Gasteiger partial charge in [0.25, 0.3) is 0 Å². The highest BCUT2D eigenvalue weighted by Gasteiger charge is 2.17. The molecule has 58 heavy (non-hydrogen) atoms. The monoisotopic (exact) mass is 819 g/mol. The van der Waals surface area contributed by atoms with Crippen LogP contribution in [0.15, 0.2) is 12.2 Å². The maximum atomic E-state index is 12.8. The van der Waals surface area contributed by atoms with Gasteiger partial charge in [0.1, 0.15) is 6.61 Å². The predicted octanol–water partition coefficient (Wildman–Crippen LogP) is 17.5. The lowest BCUT2D eigenvalue weighted by Gasteiger charge is -2.18. The van der Waals surface area contributed by atoms with Gasteiger partial charge in [-0.1, -0.05) is 245 Å². The number of unbranched alkanes of at least 4 members (excludes halogenated alkanes) is 36. The fourth-order valence-electron chi connectivity index (χ4n) is 7.86. The van der Waals surface area contributed by atoms with E-state index >= 15 is 0 Å². The number of hydrogen-bond donors (Lipinski definition) is 0. The zero-order valence-electron chi connectivity index (χ0n) is 39.6. The van der Waals surface area contributed by atoms with E-state index in [0.29, 0.717) is 26.1 Å². The second-order valence-electron chi connectivity index (χ2n) is 17.8. The van der Waals surface area contributed by atoms with Crippen LogP contribution in [0.4, 0.5) is 0 Å². The quantitative estimate of drug-likeness (QED) is 0.0348. The first kappa shape index (κ1) is 56.6. The molecule has 0 amide bonds. The summed E-state index contributed by atoms with van der Waals surface area (Å²) < 4.78 is 17.4. The van der Waals surface area contributed by atoms with E-state index < -0.39 is 6.10 Å². The molecule has 1 unspecified atom stereocenters. The zero-order valence-corrected chi connectivity index (χ0v) is 39.6. The van der Waals surface area contributed by atoms with Gasteiger partial charge in [0.2, 0.25) is 0 Å². The Morgan fingerprint density at radius 2 is 0.672 bits per heavy atom. The topological polar surface area (TPSA) is 61.8 Å². The second kappa shape index (κ2) is 50.0. The van der Waals surface area contributed by atoms with Crippen LogP contribution in [-0.2, 0) is 23.8 Å². The predicted molar refractivity (Wildman–Crippen MR) is 252 cm³/mol. The molecule has 0 aromatic carbocycles. The van der Waals surface area contributed by atoms with E-state index in [-0.39, 0.29) is 18.5 Å². The number of ether oxygens (including phenoxy) is 3. The van der Waals surface area contributed by atoms with Gasteiger partial charge in [0, 0.05) is 19.4 Å². The maximum Gasteiger partial charge on any atom is 0.306 e. The smallest absolute Gasteiger partial charge is 0.306 e. The van der Waals surface area contributed by atoms with Crippen molar-refractivity contribution in [3.05, 3.63) is 12.2 Å². The Balaban J connectivity index is 4.16. The van der Waals surface area contributed by atoms with Crippen LogP contribution in [0.5, 0.6) is 0 Å². The number of rotatable bonds is 49. The van der Waals surface area contributed by atoms with Crippen LogP contribution < -0.4 is 0 Å². The Bertz CT molecular complexity index is 840. The summed E-state index contributed by atoms with van der Waals surface area (Å²) in [6, 6.07) is 0. The summed E-state index contributed by atoms with van der Waals surface area (Å²) >= 11 is 0. The van der Waals surface area contributed by atoms with E-state index in [1.165, 1.54) is 225 Å². The standard InChI is InChI=1S/C53H102O5/c1-4-7-10-13-16-19-22-24-26-27-29-30-32-34-37-40-43-46-52(54)57-50-51(49-56-48-45-42-39-36-21-18-15-12-9-6-3)58-53(55)47-44-41-38-35-33-31-28-25-23-20-17-14-11-8-5-2/h24,26,51H,4-23,25,27-50H2,1-3H3/b26-24-. The largest absolute Gasteiger partial charge is 0.462 e. The van der Waals surface area contributed by atoms with Crippen molar-refractivity contribution < 1.29 is 23.8 Å². The van der Waals surface area contributed by atoms with Gasteiger partial charge < -0.3 is 14.2 Å². The molecule has 0 fully saturated rings. The molecule has 0 aliphatic rings. The molecule has 0 rings (SSSR count). The van der Waals surface area contributed by atoms with E-state index in [2.05, 4.69) is 32.9 Å². The van der Waals surface area contributed by atoms with Gasteiger partial charge in [-0.2, -0.15) is 0 Å². The van der Waals surface area contributed by atoms with Crippen molar-refractivity contribution in [1.29, 1.82) is 0 Å². The third-order valence-electron chi connectivity index (χ3n) is 11.8. The summed E-state index contributed by atoms with van der Waals surface area (Å²) in [7, 11) is 0. The minimum atomic E-state index is -0.527. The molecule has 0 saturated carbocycles. The Morgan fingerprint density at radius 1 is 0.362 bits per heavy atom. The fraction of sp³-hybridized carbons (Fsp3) is 0.925. The Morgan fingerprint density at radius 3 is 1.05 bits per heavy atom. The van der Waals surface area contributed by atoms with Crippen molar-refractivity contribution in [1.82, 2.24) is 0 Å². The minimum Gasteiger partial charge on any atom is -0.462 e. The van der Waals surface area contributed by atoms with E-state index in [0.717, 1.165) is 32.1 Å². The van der Waals surface area contributed by atoms with Crippen molar-refractivity contribution in [2.45, 2.75) is 297 Å². The Kier molecular flexibility index (Phi) is 48.8. The summed E-state index contributed by atoms with van der Waals surface area (Å²) in [6.45, 7) is 7.88. The Labute approximate surface area is 363 Å². The maximum absolute atomic E-state index is 12.8. The average molecular weight is 819 g/mol. The number of hydrogen-bond acceptors (Lipinski definition) is 5. The molecule has 0 heterocycles. The summed E-state index contributed by atoms with van der Waals surface area (Å²) in [5, 5.41) is 0. The van der Waals surface area contributed by atoms with E-state index in [1.54, 1.807) is 0 Å². The van der Waals surface area contributed by atoms with Gasteiger partial charge >= 0.3 is 11.9 Å². The van der Waals surface area contributed by atoms with Gasteiger partial charge in [-0.05, 0) is 44.9 Å². The van der Waals surface area contributed by atoms with E-state index in [9.17, 15) is 9.59 Å². The first-order valence-corrected chi connectivity index (χ1v) is 26.2. The molecule has 0 spiro atoms. The van der Waals surface area contributed by atoms with Gasteiger partial charge in [0.05, 0.1) is 6.61 Å². The molecule has 0 radical (unpaired) electrons. The van der Waals surface area contributed by atoms with Crippen LogP contribution in [0.2, 0.25) is 0 Å². The van der Waals surface area contributed by atoms with Crippen molar-refractivity contribution in [2.24, 2.45) is 0 Å². The van der Waals surface area contributed by atoms with Crippen molar-refractivity contribution >= 4 is 11.9 Å². The SMILES string of the molecule is CCCCCCCC/C=C\CCCCCCCCCC(=O)OCC(COCCCCCCCCCCCC)OC(=O)CCCCCCCCCCCCCCCCC. The first-order chi connectivity index (χ1) is 28.6. The number of carbonyl (C=O) groups excluding carboxylic acids is 2. The number of allylic oxidation sites excluding steroid dienone is 2. The summed E-state index contributed by atoms with van der Waals surface area (Å²) in [4.78, 5) is 25.4. The van der Waals surface area contributed by atoms with Crippen LogP contribution in [-0.4, -0.2) is 37.9 Å². The van der Waals surface area contributed by atoms with Crippen LogP contribution >= 0.6 is 0 Å². The molecular formula is C53H102O5. The van der Waals surface area contributed by atoms with Crippen LogP contribution in [0.1, 0.15) is 290 Å². The van der Waals surface area contributed by atoms with Crippen LogP contribution in [0.25, 0.3) is 0 Å². The first-order valence-electron chi connectivity index (χ1n) is 26.2. The molecule has 0 N–H and O–H groups in total.